The van der Waals surface area contributed by atoms with E-state index in [0.29, 0.717) is 6.42 Å². The fourth-order valence-corrected chi connectivity index (χ4v) is 2.14. The SMILES string of the molecule is O=C(CC(Cc1ccccc1)C(=O)O)OCc1ccccc1. The Morgan fingerprint density at radius 1 is 0.909 bits per heavy atom. The molecule has 1 N–H and O–H groups in total. The van der Waals surface area contributed by atoms with Crippen LogP contribution in [0.3, 0.4) is 0 Å². The van der Waals surface area contributed by atoms with Gasteiger partial charge in [-0.25, -0.2) is 0 Å². The van der Waals surface area contributed by atoms with E-state index in [2.05, 4.69) is 0 Å². The van der Waals surface area contributed by atoms with Crippen molar-refractivity contribution in [2.45, 2.75) is 19.4 Å². The summed E-state index contributed by atoms with van der Waals surface area (Å²) in [6.07, 6.45) is 0.188. The van der Waals surface area contributed by atoms with Crippen LogP contribution in [0.25, 0.3) is 0 Å². The minimum absolute atomic E-state index is 0.128. The van der Waals surface area contributed by atoms with Crippen molar-refractivity contribution in [3.05, 3.63) is 71.8 Å². The van der Waals surface area contributed by atoms with Gasteiger partial charge in [0.05, 0.1) is 12.3 Å². The summed E-state index contributed by atoms with van der Waals surface area (Å²) < 4.78 is 5.14. The molecule has 2 rings (SSSR count). The van der Waals surface area contributed by atoms with E-state index in [1.54, 1.807) is 0 Å². The third kappa shape index (κ3) is 5.05. The minimum atomic E-state index is -0.986. The third-order valence-electron chi connectivity index (χ3n) is 3.33. The van der Waals surface area contributed by atoms with Crippen LogP contribution in [0.2, 0.25) is 0 Å². The van der Waals surface area contributed by atoms with E-state index in [1.807, 2.05) is 60.7 Å². The minimum Gasteiger partial charge on any atom is -0.481 e. The van der Waals surface area contributed by atoms with Crippen molar-refractivity contribution in [2.24, 2.45) is 5.92 Å². The number of carbonyl (C=O) groups excluding carboxylic acids is 1. The Morgan fingerprint density at radius 3 is 2.00 bits per heavy atom. The Morgan fingerprint density at radius 2 is 1.45 bits per heavy atom. The highest BCUT2D eigenvalue weighted by Crippen LogP contribution is 2.14. The second-order valence-corrected chi connectivity index (χ2v) is 5.08. The van der Waals surface area contributed by atoms with Gasteiger partial charge in [0.2, 0.25) is 0 Å². The first-order chi connectivity index (χ1) is 10.6. The molecule has 0 aromatic heterocycles. The van der Waals surface area contributed by atoms with E-state index in [1.165, 1.54) is 0 Å². The zero-order chi connectivity index (χ0) is 15.8. The molecule has 0 aliphatic heterocycles. The average molecular weight is 298 g/mol. The molecule has 0 heterocycles. The van der Waals surface area contributed by atoms with Crippen molar-refractivity contribution in [3.63, 3.8) is 0 Å². The van der Waals surface area contributed by atoms with Crippen molar-refractivity contribution in [2.75, 3.05) is 0 Å². The maximum atomic E-state index is 11.8. The van der Waals surface area contributed by atoms with Gasteiger partial charge in [0.1, 0.15) is 6.61 Å². The van der Waals surface area contributed by atoms with Crippen LogP contribution < -0.4 is 0 Å². The second kappa shape index (κ2) is 7.98. The Balaban J connectivity index is 1.88. The van der Waals surface area contributed by atoms with Crippen LogP contribution >= 0.6 is 0 Å². The summed E-state index contributed by atoms with van der Waals surface area (Å²) in [4.78, 5) is 23.1. The van der Waals surface area contributed by atoms with Crippen molar-refractivity contribution in [3.8, 4) is 0 Å². The van der Waals surface area contributed by atoms with Crippen LogP contribution in [0, 0.1) is 5.92 Å². The molecule has 22 heavy (non-hydrogen) atoms. The molecule has 0 saturated heterocycles. The van der Waals surface area contributed by atoms with E-state index in [0.717, 1.165) is 11.1 Å². The van der Waals surface area contributed by atoms with Gasteiger partial charge in [-0.05, 0) is 17.5 Å². The van der Waals surface area contributed by atoms with Gasteiger partial charge in [-0.2, -0.15) is 0 Å². The van der Waals surface area contributed by atoms with E-state index in [9.17, 15) is 14.7 Å². The fraction of sp³-hybridized carbons (Fsp3) is 0.222. The maximum Gasteiger partial charge on any atom is 0.307 e. The van der Waals surface area contributed by atoms with Gasteiger partial charge in [-0.15, -0.1) is 0 Å². The van der Waals surface area contributed by atoms with Crippen LogP contribution in [0.4, 0.5) is 0 Å². The lowest BCUT2D eigenvalue weighted by atomic mass is 9.96. The third-order valence-corrected chi connectivity index (χ3v) is 3.33. The standard InChI is InChI=1S/C18H18O4/c19-17(22-13-15-9-5-2-6-10-15)12-16(18(20)21)11-14-7-3-1-4-8-14/h1-10,16H,11-13H2,(H,20,21). The van der Waals surface area contributed by atoms with E-state index in [-0.39, 0.29) is 13.0 Å². The van der Waals surface area contributed by atoms with Gasteiger partial charge in [0.25, 0.3) is 0 Å². The molecule has 1 unspecified atom stereocenters. The highest BCUT2D eigenvalue weighted by atomic mass is 16.5. The first kappa shape index (κ1) is 15.8. The molecule has 0 aliphatic rings. The van der Waals surface area contributed by atoms with Crippen molar-refractivity contribution in [1.29, 1.82) is 0 Å². The number of carboxylic acids is 1. The Kier molecular flexibility index (Phi) is 5.72. The molecule has 0 amide bonds. The molecule has 0 aliphatic carbocycles. The number of benzene rings is 2. The molecular weight excluding hydrogens is 280 g/mol. The zero-order valence-electron chi connectivity index (χ0n) is 12.1. The zero-order valence-corrected chi connectivity index (χ0v) is 12.1. The molecule has 0 saturated carbocycles. The van der Waals surface area contributed by atoms with E-state index < -0.39 is 17.9 Å². The highest BCUT2D eigenvalue weighted by molar-refractivity contribution is 5.79. The molecule has 1 atom stereocenters. The number of hydrogen-bond acceptors (Lipinski definition) is 3. The first-order valence-corrected chi connectivity index (χ1v) is 7.11. The summed E-state index contributed by atoms with van der Waals surface area (Å²) in [5.74, 6) is -2.25. The molecule has 2 aromatic carbocycles. The molecule has 0 bridgehead atoms. The monoisotopic (exact) mass is 298 g/mol. The Bertz CT molecular complexity index is 607. The summed E-state index contributed by atoms with van der Waals surface area (Å²) in [6.45, 7) is 0.164. The van der Waals surface area contributed by atoms with Gasteiger partial charge in [0, 0.05) is 0 Å². The second-order valence-electron chi connectivity index (χ2n) is 5.08. The van der Waals surface area contributed by atoms with E-state index >= 15 is 0 Å². The normalized spacial score (nSPS) is 11.6. The lowest BCUT2D eigenvalue weighted by Crippen LogP contribution is -2.21. The predicted molar refractivity (Wildman–Crippen MR) is 82.1 cm³/mol. The van der Waals surface area contributed by atoms with Gasteiger partial charge in [0.15, 0.2) is 0 Å². The van der Waals surface area contributed by atoms with Crippen molar-refractivity contribution in [1.82, 2.24) is 0 Å². The van der Waals surface area contributed by atoms with Crippen LogP contribution in [-0.2, 0) is 27.4 Å². The number of ether oxygens (including phenoxy) is 1. The van der Waals surface area contributed by atoms with Crippen LogP contribution in [0.5, 0.6) is 0 Å². The van der Waals surface area contributed by atoms with Crippen molar-refractivity contribution < 1.29 is 19.4 Å². The Labute approximate surface area is 129 Å². The largest absolute Gasteiger partial charge is 0.481 e. The maximum absolute atomic E-state index is 11.8. The highest BCUT2D eigenvalue weighted by Gasteiger charge is 2.22. The summed E-state index contributed by atoms with van der Waals surface area (Å²) >= 11 is 0. The van der Waals surface area contributed by atoms with E-state index in [4.69, 9.17) is 4.74 Å². The molecule has 2 aromatic rings. The molecule has 4 heteroatoms. The Hall–Kier alpha value is -2.62. The fourth-order valence-electron chi connectivity index (χ4n) is 2.14. The van der Waals surface area contributed by atoms with Crippen molar-refractivity contribution >= 4 is 11.9 Å². The molecular formula is C18H18O4. The smallest absolute Gasteiger partial charge is 0.307 e. The molecule has 0 fully saturated rings. The van der Waals surface area contributed by atoms with Gasteiger partial charge in [-0.1, -0.05) is 60.7 Å². The summed E-state index contributed by atoms with van der Waals surface area (Å²) in [5, 5.41) is 9.26. The lowest BCUT2D eigenvalue weighted by molar-refractivity contribution is -0.152. The van der Waals surface area contributed by atoms with Crippen LogP contribution in [0.1, 0.15) is 17.5 Å². The first-order valence-electron chi connectivity index (χ1n) is 7.11. The topological polar surface area (TPSA) is 63.6 Å². The predicted octanol–water partition coefficient (Wildman–Crippen LogP) is 3.06. The van der Waals surface area contributed by atoms with Crippen LogP contribution in [0.15, 0.2) is 60.7 Å². The number of esters is 1. The number of rotatable bonds is 7. The van der Waals surface area contributed by atoms with Gasteiger partial charge >= 0.3 is 11.9 Å². The number of carbonyl (C=O) groups is 2. The molecule has 0 spiro atoms. The van der Waals surface area contributed by atoms with Gasteiger partial charge in [-0.3, -0.25) is 9.59 Å². The molecule has 0 radical (unpaired) electrons. The summed E-state index contributed by atoms with van der Waals surface area (Å²) in [6, 6.07) is 18.6. The number of aliphatic carboxylic acids is 1. The summed E-state index contributed by atoms with van der Waals surface area (Å²) in [5.41, 5.74) is 1.77. The lowest BCUT2D eigenvalue weighted by Gasteiger charge is -2.12. The quantitative estimate of drug-likeness (QED) is 0.798. The number of carboxylic acid groups (broad SMARTS) is 1. The number of hydrogen-bond donors (Lipinski definition) is 1. The van der Waals surface area contributed by atoms with Gasteiger partial charge < -0.3 is 9.84 Å². The molecule has 114 valence electrons. The molecule has 4 nitrogen and oxygen atoms in total. The summed E-state index contributed by atoms with van der Waals surface area (Å²) in [7, 11) is 0. The van der Waals surface area contributed by atoms with Crippen LogP contribution in [-0.4, -0.2) is 17.0 Å². The average Bonchev–Trinajstić information content (AvgIpc) is 2.54.